The summed E-state index contributed by atoms with van der Waals surface area (Å²) in [6.45, 7) is -3.00. The molecule has 1 atom stereocenters. The lowest BCUT2D eigenvalue weighted by molar-refractivity contribution is -0.0515. The maximum atomic E-state index is 13.6. The predicted molar refractivity (Wildman–Crippen MR) is 73.1 cm³/mol. The molecule has 2 nitrogen and oxygen atoms in total. The topological polar surface area (TPSA) is 29.5 Å². The number of benzene rings is 2. The van der Waals surface area contributed by atoms with Crippen molar-refractivity contribution in [3.63, 3.8) is 0 Å². The fourth-order valence-electron chi connectivity index (χ4n) is 1.98. The molecular formula is C15H12ClF3O2. The van der Waals surface area contributed by atoms with E-state index in [1.54, 1.807) is 6.07 Å². The van der Waals surface area contributed by atoms with Gasteiger partial charge in [-0.15, -0.1) is 0 Å². The van der Waals surface area contributed by atoms with E-state index in [1.165, 1.54) is 36.4 Å². The molecule has 0 radical (unpaired) electrons. The van der Waals surface area contributed by atoms with Gasteiger partial charge in [-0.05, 0) is 29.8 Å². The first-order chi connectivity index (χ1) is 9.97. The number of ether oxygens (including phenoxy) is 1. The van der Waals surface area contributed by atoms with Crippen molar-refractivity contribution in [2.24, 2.45) is 0 Å². The van der Waals surface area contributed by atoms with E-state index in [2.05, 4.69) is 4.74 Å². The molecule has 0 saturated heterocycles. The first kappa shape index (κ1) is 15.7. The van der Waals surface area contributed by atoms with Gasteiger partial charge >= 0.3 is 6.61 Å². The average molecular weight is 317 g/mol. The highest BCUT2D eigenvalue weighted by Crippen LogP contribution is 2.29. The first-order valence-corrected chi connectivity index (χ1v) is 6.51. The Balaban J connectivity index is 2.24. The lowest BCUT2D eigenvalue weighted by atomic mass is 10.0. The molecule has 6 heteroatoms. The van der Waals surface area contributed by atoms with Crippen LogP contribution in [0.4, 0.5) is 13.2 Å². The number of hydrogen-bond donors (Lipinski definition) is 1. The highest BCUT2D eigenvalue weighted by molar-refractivity contribution is 6.30. The van der Waals surface area contributed by atoms with Gasteiger partial charge in [-0.1, -0.05) is 29.8 Å². The van der Waals surface area contributed by atoms with Gasteiger partial charge < -0.3 is 9.84 Å². The minimum atomic E-state index is -3.00. The molecule has 0 aromatic heterocycles. The fourth-order valence-corrected chi connectivity index (χ4v) is 2.17. The summed E-state index contributed by atoms with van der Waals surface area (Å²) in [6, 6.07) is 9.81. The van der Waals surface area contributed by atoms with Crippen molar-refractivity contribution in [1.29, 1.82) is 0 Å². The van der Waals surface area contributed by atoms with Crippen LogP contribution in [0.3, 0.4) is 0 Å². The monoisotopic (exact) mass is 316 g/mol. The smallest absolute Gasteiger partial charge is 0.387 e. The van der Waals surface area contributed by atoms with Crippen molar-refractivity contribution < 1.29 is 23.0 Å². The summed E-state index contributed by atoms with van der Waals surface area (Å²) in [5.74, 6) is -0.659. The van der Waals surface area contributed by atoms with Crippen LogP contribution < -0.4 is 4.74 Å². The number of halogens is 4. The molecule has 0 aliphatic heterocycles. The average Bonchev–Trinajstić information content (AvgIpc) is 2.42. The van der Waals surface area contributed by atoms with Crippen LogP contribution in [0, 0.1) is 5.82 Å². The molecule has 1 unspecified atom stereocenters. The highest BCUT2D eigenvalue weighted by atomic mass is 35.5. The molecule has 0 bridgehead atoms. The molecule has 0 spiro atoms. The van der Waals surface area contributed by atoms with Crippen molar-refractivity contribution in [2.45, 2.75) is 19.1 Å². The van der Waals surface area contributed by atoms with Gasteiger partial charge in [0.05, 0.1) is 6.10 Å². The maximum Gasteiger partial charge on any atom is 0.387 e. The molecule has 0 amide bonds. The Morgan fingerprint density at radius 2 is 1.86 bits per heavy atom. The molecule has 2 aromatic carbocycles. The lowest BCUT2D eigenvalue weighted by Crippen LogP contribution is -2.09. The number of para-hydroxylation sites is 1. The first-order valence-electron chi connectivity index (χ1n) is 6.13. The van der Waals surface area contributed by atoms with Crippen LogP contribution in [-0.2, 0) is 6.42 Å². The van der Waals surface area contributed by atoms with E-state index in [1.807, 2.05) is 0 Å². The quantitative estimate of drug-likeness (QED) is 0.888. The highest BCUT2D eigenvalue weighted by Gasteiger charge is 2.18. The third-order valence-corrected chi connectivity index (χ3v) is 3.15. The van der Waals surface area contributed by atoms with E-state index in [9.17, 15) is 18.3 Å². The number of aliphatic hydroxyl groups excluding tert-OH is 1. The van der Waals surface area contributed by atoms with Gasteiger partial charge in [0.2, 0.25) is 0 Å². The lowest BCUT2D eigenvalue weighted by Gasteiger charge is -2.16. The van der Waals surface area contributed by atoms with Crippen LogP contribution in [0.2, 0.25) is 5.02 Å². The van der Waals surface area contributed by atoms with Crippen LogP contribution >= 0.6 is 11.6 Å². The molecule has 21 heavy (non-hydrogen) atoms. The Morgan fingerprint density at radius 3 is 2.57 bits per heavy atom. The molecule has 2 aromatic rings. The van der Waals surface area contributed by atoms with Crippen molar-refractivity contribution in [3.05, 3.63) is 64.4 Å². The Hall–Kier alpha value is -1.72. The number of aliphatic hydroxyl groups is 1. The Kier molecular flexibility index (Phi) is 5.09. The van der Waals surface area contributed by atoms with Gasteiger partial charge in [-0.3, -0.25) is 0 Å². The Bertz CT molecular complexity index is 620. The second kappa shape index (κ2) is 6.83. The third kappa shape index (κ3) is 4.12. The van der Waals surface area contributed by atoms with Gasteiger partial charge in [0.1, 0.15) is 11.6 Å². The van der Waals surface area contributed by atoms with E-state index < -0.39 is 18.5 Å². The summed E-state index contributed by atoms with van der Waals surface area (Å²) in [5, 5.41) is 10.5. The largest absolute Gasteiger partial charge is 0.434 e. The predicted octanol–water partition coefficient (Wildman–Crippen LogP) is 4.36. The summed E-state index contributed by atoms with van der Waals surface area (Å²) < 4.78 is 42.6. The van der Waals surface area contributed by atoms with Crippen LogP contribution in [0.15, 0.2) is 42.5 Å². The summed E-state index contributed by atoms with van der Waals surface area (Å²) >= 11 is 5.77. The van der Waals surface area contributed by atoms with E-state index >= 15 is 0 Å². The van der Waals surface area contributed by atoms with E-state index in [0.717, 1.165) is 0 Å². The van der Waals surface area contributed by atoms with Gasteiger partial charge in [0.15, 0.2) is 0 Å². The normalized spacial score (nSPS) is 12.5. The second-order valence-corrected chi connectivity index (χ2v) is 4.81. The molecule has 0 saturated carbocycles. The van der Waals surface area contributed by atoms with E-state index in [0.29, 0.717) is 5.02 Å². The number of alkyl halides is 2. The van der Waals surface area contributed by atoms with E-state index in [-0.39, 0.29) is 23.3 Å². The van der Waals surface area contributed by atoms with Crippen molar-refractivity contribution in [2.75, 3.05) is 0 Å². The SMILES string of the molecule is OC(Cc1cc(Cl)ccc1F)c1ccccc1OC(F)F. The van der Waals surface area contributed by atoms with Crippen LogP contribution in [0.25, 0.3) is 0 Å². The maximum absolute atomic E-state index is 13.6. The van der Waals surface area contributed by atoms with Crippen molar-refractivity contribution in [3.8, 4) is 5.75 Å². The zero-order valence-corrected chi connectivity index (χ0v) is 11.5. The molecular weight excluding hydrogens is 305 g/mol. The second-order valence-electron chi connectivity index (χ2n) is 4.37. The minimum absolute atomic E-state index is 0.101. The van der Waals surface area contributed by atoms with Crippen molar-refractivity contribution in [1.82, 2.24) is 0 Å². The summed E-state index contributed by atoms with van der Waals surface area (Å²) in [4.78, 5) is 0. The summed E-state index contributed by atoms with van der Waals surface area (Å²) in [5.41, 5.74) is 0.360. The molecule has 0 fully saturated rings. The Labute approximate surface area is 124 Å². The third-order valence-electron chi connectivity index (χ3n) is 2.92. The summed E-state index contributed by atoms with van der Waals surface area (Å²) in [6.07, 6.45) is -1.29. The van der Waals surface area contributed by atoms with E-state index in [4.69, 9.17) is 11.6 Å². The van der Waals surface area contributed by atoms with Gasteiger partial charge in [-0.25, -0.2) is 4.39 Å². The fraction of sp³-hybridized carbons (Fsp3) is 0.200. The Morgan fingerprint density at radius 1 is 1.14 bits per heavy atom. The van der Waals surface area contributed by atoms with Crippen LogP contribution in [-0.4, -0.2) is 11.7 Å². The van der Waals surface area contributed by atoms with Crippen molar-refractivity contribution >= 4 is 11.6 Å². The standard InChI is InChI=1S/C15H12ClF3O2/c16-10-5-6-12(17)9(7-10)8-13(20)11-3-1-2-4-14(11)21-15(18)19/h1-7,13,15,20H,8H2. The van der Waals surface area contributed by atoms with Gasteiger partial charge in [0.25, 0.3) is 0 Å². The summed E-state index contributed by atoms with van der Waals surface area (Å²) in [7, 11) is 0. The molecule has 112 valence electrons. The molecule has 0 heterocycles. The number of rotatable bonds is 5. The molecule has 2 rings (SSSR count). The molecule has 0 aliphatic carbocycles. The van der Waals surface area contributed by atoms with Gasteiger partial charge in [-0.2, -0.15) is 8.78 Å². The molecule has 0 aliphatic rings. The van der Waals surface area contributed by atoms with Crippen LogP contribution in [0.1, 0.15) is 17.2 Å². The van der Waals surface area contributed by atoms with Gasteiger partial charge in [0, 0.05) is 17.0 Å². The zero-order chi connectivity index (χ0) is 15.4. The minimum Gasteiger partial charge on any atom is -0.434 e. The molecule has 1 N–H and O–H groups in total. The zero-order valence-electron chi connectivity index (χ0n) is 10.8. The van der Waals surface area contributed by atoms with Crippen LogP contribution in [0.5, 0.6) is 5.75 Å². The number of hydrogen-bond acceptors (Lipinski definition) is 2.